The number of ether oxygens (including phenoxy) is 1. The molecule has 0 aliphatic carbocycles. The summed E-state index contributed by atoms with van der Waals surface area (Å²) in [5.74, 6) is 0.366. The van der Waals surface area contributed by atoms with Crippen LogP contribution in [0.4, 0.5) is 11.5 Å². The molecule has 30 heavy (non-hydrogen) atoms. The summed E-state index contributed by atoms with van der Waals surface area (Å²) in [6, 6.07) is 3.42. The van der Waals surface area contributed by atoms with Gasteiger partial charge in [-0.05, 0) is 36.1 Å². The van der Waals surface area contributed by atoms with E-state index in [2.05, 4.69) is 33.1 Å². The van der Waals surface area contributed by atoms with Gasteiger partial charge in [-0.1, -0.05) is 32.7 Å². The molecule has 160 valence electrons. The van der Waals surface area contributed by atoms with Crippen LogP contribution in [0.25, 0.3) is 23.3 Å². The molecule has 0 atom stereocenters. The molecule has 0 bridgehead atoms. The minimum absolute atomic E-state index is 0. The number of nitrogens with two attached hydrogens (primary N) is 2. The Morgan fingerprint density at radius 3 is 2.03 bits per heavy atom. The minimum Gasteiger partial charge on any atom is -0.396 e. The second-order valence-corrected chi connectivity index (χ2v) is 6.04. The van der Waals surface area contributed by atoms with Gasteiger partial charge in [0.25, 0.3) is 0 Å². The summed E-state index contributed by atoms with van der Waals surface area (Å²) in [6.07, 6.45) is 9.01. The van der Waals surface area contributed by atoms with Gasteiger partial charge >= 0.3 is 11.1 Å². The maximum atomic E-state index is 11.0. The van der Waals surface area contributed by atoms with Crippen molar-refractivity contribution in [2.45, 2.75) is 20.3 Å². The molecule has 6 N–H and O–H groups in total. The topological polar surface area (TPSA) is 153 Å². The Kier molecular flexibility index (Phi) is 9.71. The number of rotatable bonds is 2. The molecule has 9 heteroatoms. The number of nitrogen functional groups attached to an aromatic ring is 2. The Balaban J connectivity index is 0.000000246. The number of hydrogen-bond donors (Lipinski definition) is 4. The highest BCUT2D eigenvalue weighted by atomic mass is 16.5. The summed E-state index contributed by atoms with van der Waals surface area (Å²) in [7, 11) is 0. The van der Waals surface area contributed by atoms with Gasteiger partial charge in [0.2, 0.25) is 0 Å². The van der Waals surface area contributed by atoms with E-state index in [-0.39, 0.29) is 7.43 Å². The fourth-order valence-corrected chi connectivity index (χ4v) is 2.26. The monoisotopic (exact) mass is 412 g/mol. The van der Waals surface area contributed by atoms with E-state index < -0.39 is 11.1 Å². The second-order valence-electron chi connectivity index (χ2n) is 6.04. The average Bonchev–Trinajstić information content (AvgIpc) is 3.31. The number of nitrogens with zero attached hydrogens (tertiary/aromatic N) is 2. The summed E-state index contributed by atoms with van der Waals surface area (Å²) in [5.41, 5.74) is 12.5. The standard InChI is InChI=1S/C9H7N3O2.C7H9N3.C4H8O.CH4/c1-2-5-3-6-7(10-4-5)12-9(14)8(13)11-6;1-2-5-3-6(8)7(9)10-4-5;1-2-4-5-3-1;/h2-4H,1H2,(H,11,13)(H,10,12,14);2-4H,1,8H2,(H2,9,10);1-4H2;1H4. The highest BCUT2D eigenvalue weighted by Crippen LogP contribution is 2.12. The van der Waals surface area contributed by atoms with E-state index in [9.17, 15) is 9.59 Å². The van der Waals surface area contributed by atoms with Crippen molar-refractivity contribution in [3.63, 3.8) is 0 Å². The Morgan fingerprint density at radius 2 is 1.50 bits per heavy atom. The van der Waals surface area contributed by atoms with Gasteiger partial charge in [0.15, 0.2) is 5.65 Å². The van der Waals surface area contributed by atoms with Crippen LogP contribution in [0.5, 0.6) is 0 Å². The van der Waals surface area contributed by atoms with Crippen LogP contribution in [0, 0.1) is 0 Å². The summed E-state index contributed by atoms with van der Waals surface area (Å²) < 4.78 is 4.94. The van der Waals surface area contributed by atoms with Crippen LogP contribution in [-0.2, 0) is 4.74 Å². The number of H-pyrrole nitrogens is 2. The van der Waals surface area contributed by atoms with Gasteiger partial charge in [-0.3, -0.25) is 9.59 Å². The summed E-state index contributed by atoms with van der Waals surface area (Å²) in [6.45, 7) is 9.14. The molecule has 0 aromatic carbocycles. The molecule has 0 radical (unpaired) electrons. The van der Waals surface area contributed by atoms with Crippen LogP contribution in [-0.4, -0.2) is 33.1 Å². The lowest BCUT2D eigenvalue weighted by Crippen LogP contribution is -2.29. The van der Waals surface area contributed by atoms with Crippen LogP contribution >= 0.6 is 0 Å². The maximum absolute atomic E-state index is 11.0. The Morgan fingerprint density at radius 1 is 0.933 bits per heavy atom. The molecule has 4 rings (SSSR count). The number of aromatic amines is 2. The van der Waals surface area contributed by atoms with E-state index in [1.807, 2.05) is 0 Å². The van der Waals surface area contributed by atoms with Crippen LogP contribution in [0.2, 0.25) is 0 Å². The lowest BCUT2D eigenvalue weighted by Gasteiger charge is -1.98. The first-order chi connectivity index (χ1) is 13.9. The molecular weight excluding hydrogens is 384 g/mol. The van der Waals surface area contributed by atoms with Gasteiger partial charge in [0.05, 0.1) is 11.2 Å². The summed E-state index contributed by atoms with van der Waals surface area (Å²) in [5, 5.41) is 0. The molecular formula is C21H28N6O3. The number of hydrogen-bond acceptors (Lipinski definition) is 7. The molecule has 3 aromatic heterocycles. The zero-order chi connectivity index (χ0) is 21.2. The lowest BCUT2D eigenvalue weighted by atomic mass is 10.2. The molecule has 0 spiro atoms. The molecule has 0 amide bonds. The van der Waals surface area contributed by atoms with Crippen molar-refractivity contribution in [3.05, 3.63) is 69.5 Å². The van der Waals surface area contributed by atoms with Crippen molar-refractivity contribution < 1.29 is 4.74 Å². The molecule has 0 saturated carbocycles. The van der Waals surface area contributed by atoms with Gasteiger partial charge in [-0.25, -0.2) is 9.97 Å². The molecule has 1 aliphatic heterocycles. The minimum atomic E-state index is -0.698. The van der Waals surface area contributed by atoms with E-state index in [1.54, 1.807) is 36.7 Å². The summed E-state index contributed by atoms with van der Waals surface area (Å²) in [4.78, 5) is 34.5. The third-order valence-electron chi connectivity index (χ3n) is 3.86. The lowest BCUT2D eigenvalue weighted by molar-refractivity contribution is 0.198. The first kappa shape index (κ1) is 24.3. The number of nitrogens with one attached hydrogen (secondary N) is 2. The molecule has 4 heterocycles. The van der Waals surface area contributed by atoms with E-state index in [0.29, 0.717) is 22.7 Å². The van der Waals surface area contributed by atoms with Crippen molar-refractivity contribution in [1.29, 1.82) is 0 Å². The van der Waals surface area contributed by atoms with Crippen molar-refractivity contribution in [2.24, 2.45) is 0 Å². The van der Waals surface area contributed by atoms with Crippen LogP contribution < -0.4 is 22.6 Å². The largest absolute Gasteiger partial charge is 0.396 e. The Labute approximate surface area is 174 Å². The van der Waals surface area contributed by atoms with Gasteiger partial charge in [-0.15, -0.1) is 0 Å². The predicted molar refractivity (Wildman–Crippen MR) is 123 cm³/mol. The van der Waals surface area contributed by atoms with Gasteiger partial charge in [0.1, 0.15) is 5.82 Å². The Hall–Kier alpha value is -3.72. The highest BCUT2D eigenvalue weighted by molar-refractivity contribution is 5.72. The van der Waals surface area contributed by atoms with Crippen molar-refractivity contribution >= 4 is 34.8 Å². The van der Waals surface area contributed by atoms with Crippen molar-refractivity contribution in [3.8, 4) is 0 Å². The molecule has 0 unspecified atom stereocenters. The van der Waals surface area contributed by atoms with E-state index >= 15 is 0 Å². The van der Waals surface area contributed by atoms with Crippen LogP contribution in [0.3, 0.4) is 0 Å². The molecule has 1 aliphatic rings. The van der Waals surface area contributed by atoms with Crippen molar-refractivity contribution in [2.75, 3.05) is 24.7 Å². The summed E-state index contributed by atoms with van der Waals surface area (Å²) >= 11 is 0. The number of aromatic nitrogens is 4. The quantitative estimate of drug-likeness (QED) is 0.472. The van der Waals surface area contributed by atoms with Gasteiger partial charge in [-0.2, -0.15) is 0 Å². The third-order valence-corrected chi connectivity index (χ3v) is 3.86. The van der Waals surface area contributed by atoms with E-state index in [4.69, 9.17) is 16.2 Å². The van der Waals surface area contributed by atoms with Gasteiger partial charge < -0.3 is 26.2 Å². The zero-order valence-electron chi connectivity index (χ0n) is 16.0. The second kappa shape index (κ2) is 12.0. The fourth-order valence-electron chi connectivity index (χ4n) is 2.26. The first-order valence-electron chi connectivity index (χ1n) is 8.90. The molecule has 1 saturated heterocycles. The molecule has 3 aromatic rings. The third kappa shape index (κ3) is 7.02. The highest BCUT2D eigenvalue weighted by Gasteiger charge is 2.00. The van der Waals surface area contributed by atoms with E-state index in [0.717, 1.165) is 24.3 Å². The first-order valence-corrected chi connectivity index (χ1v) is 8.90. The maximum Gasteiger partial charge on any atom is 0.315 e. The molecule has 1 fully saturated rings. The Bertz CT molecular complexity index is 1090. The zero-order valence-corrected chi connectivity index (χ0v) is 16.0. The van der Waals surface area contributed by atoms with Crippen LogP contribution in [0.15, 0.2) is 47.3 Å². The predicted octanol–water partition coefficient (Wildman–Crippen LogP) is 2.58. The number of anilines is 2. The van der Waals surface area contributed by atoms with Gasteiger partial charge in [0, 0.05) is 25.6 Å². The van der Waals surface area contributed by atoms with E-state index in [1.165, 1.54) is 12.8 Å². The smallest absolute Gasteiger partial charge is 0.315 e. The number of fused-ring (bicyclic) bond motifs is 1. The number of pyridine rings is 2. The SMILES string of the molecule is C.C1CCOC1.C=Cc1cnc(N)c(N)c1.C=Cc1cnc2[nH]c(=O)c(=O)[nH]c2c1. The van der Waals surface area contributed by atoms with Crippen molar-refractivity contribution in [1.82, 2.24) is 19.9 Å². The average molecular weight is 412 g/mol. The normalized spacial score (nSPS) is 11.9. The molecule has 9 nitrogen and oxygen atoms in total. The fraction of sp³-hybridized carbons (Fsp3) is 0.238. The van der Waals surface area contributed by atoms with Crippen LogP contribution in [0.1, 0.15) is 31.4 Å².